The maximum absolute atomic E-state index is 10.9. The van der Waals surface area contributed by atoms with E-state index in [4.69, 9.17) is 15.0 Å². The average molecular weight is 1070 g/mol. The first-order chi connectivity index (χ1) is 41.7. The molecule has 0 unspecified atom stereocenters. The van der Waals surface area contributed by atoms with E-state index in [1.165, 1.54) is 21.5 Å². The number of benzene rings is 12. The van der Waals surface area contributed by atoms with Crippen LogP contribution in [-0.2, 0) is 0 Å². The van der Waals surface area contributed by atoms with Crippen molar-refractivity contribution in [2.75, 3.05) is 0 Å². The van der Waals surface area contributed by atoms with E-state index in [1.54, 1.807) is 0 Å². The van der Waals surface area contributed by atoms with Crippen molar-refractivity contribution < 1.29 is 0 Å². The Labute approximate surface area is 481 Å². The van der Waals surface area contributed by atoms with E-state index in [2.05, 4.69) is 237 Å². The van der Waals surface area contributed by atoms with Gasteiger partial charge in [0, 0.05) is 82.3 Å². The molecule has 0 aliphatic heterocycles. The summed E-state index contributed by atoms with van der Waals surface area (Å²) < 4.78 is 9.65. The molecule has 390 valence electrons. The molecule has 0 aliphatic carbocycles. The van der Waals surface area contributed by atoms with Gasteiger partial charge in [-0.3, -0.25) is 0 Å². The summed E-state index contributed by atoms with van der Waals surface area (Å²) in [5, 5.41) is 20.1. The van der Waals surface area contributed by atoms with E-state index in [9.17, 15) is 5.26 Å². The maximum atomic E-state index is 10.9. The van der Waals surface area contributed by atoms with Gasteiger partial charge in [0.05, 0.1) is 67.1 Å². The van der Waals surface area contributed by atoms with Gasteiger partial charge in [0.15, 0.2) is 17.5 Å². The molecule has 0 fully saturated rings. The zero-order chi connectivity index (χ0) is 55.4. The van der Waals surface area contributed by atoms with E-state index in [1.807, 2.05) is 66.7 Å². The normalized spacial score (nSPS) is 11.8. The molecule has 0 N–H and O–H groups in total. The highest BCUT2D eigenvalue weighted by atomic mass is 15.1. The Balaban J connectivity index is 0.997. The van der Waals surface area contributed by atoms with Crippen LogP contribution in [0, 0.1) is 11.3 Å². The van der Waals surface area contributed by atoms with Crippen molar-refractivity contribution in [2.24, 2.45) is 0 Å². The molecule has 17 rings (SSSR count). The molecule has 8 nitrogen and oxygen atoms in total. The van der Waals surface area contributed by atoms with Gasteiger partial charge < -0.3 is 18.3 Å². The first kappa shape index (κ1) is 47.2. The fourth-order valence-electron chi connectivity index (χ4n) is 13.3. The highest BCUT2D eigenvalue weighted by molar-refractivity contribution is 6.28. The number of aromatic nitrogens is 7. The first-order valence-corrected chi connectivity index (χ1v) is 28.2. The van der Waals surface area contributed by atoms with E-state index in [0.29, 0.717) is 23.0 Å². The molecule has 0 amide bonds. The molecule has 0 radical (unpaired) electrons. The molecule has 0 atom stereocenters. The average Bonchev–Trinajstić information content (AvgIpc) is 1.78. The van der Waals surface area contributed by atoms with Crippen LogP contribution < -0.4 is 0 Å². The summed E-state index contributed by atoms with van der Waals surface area (Å²) in [6, 6.07) is 101. The van der Waals surface area contributed by atoms with Crippen LogP contribution in [0.3, 0.4) is 0 Å². The third-order valence-electron chi connectivity index (χ3n) is 16.8. The second-order valence-electron chi connectivity index (χ2n) is 21.4. The molecule has 8 heteroatoms. The molecule has 5 aromatic heterocycles. The lowest BCUT2D eigenvalue weighted by atomic mass is 9.97. The summed E-state index contributed by atoms with van der Waals surface area (Å²) in [4.78, 5) is 15.7. The lowest BCUT2D eigenvalue weighted by molar-refractivity contribution is 1.07. The Hall–Kier alpha value is -11.7. The van der Waals surface area contributed by atoms with Crippen LogP contribution in [0.2, 0.25) is 0 Å². The smallest absolute Gasteiger partial charge is 0.164 e. The number of nitriles is 1. The van der Waals surface area contributed by atoms with Gasteiger partial charge >= 0.3 is 0 Å². The molecule has 5 heterocycles. The molecular weight excluding hydrogens is 1020 g/mol. The molecule has 0 saturated heterocycles. The van der Waals surface area contributed by atoms with Crippen molar-refractivity contribution in [3.05, 3.63) is 285 Å². The van der Waals surface area contributed by atoms with Crippen LogP contribution >= 0.6 is 0 Å². The van der Waals surface area contributed by atoms with Crippen LogP contribution in [0.25, 0.3) is 155 Å². The molecule has 0 spiro atoms. The third kappa shape index (κ3) is 7.09. The van der Waals surface area contributed by atoms with Gasteiger partial charge in [0.2, 0.25) is 0 Å². The summed E-state index contributed by atoms with van der Waals surface area (Å²) in [7, 11) is 0. The van der Waals surface area contributed by atoms with Crippen LogP contribution in [0.4, 0.5) is 0 Å². The SMILES string of the molecule is N#Cc1ccc(-c2ccc(-c3nc(-c4ccccc4)nc(-c4ccccc4)n3)cc2-n2c3ccccc3c3c2ccc2c4ccccc4n(-c4ccccc4)c23)c(-n2c3ccccc3c3c2ccc2c4ccccc4n(-c4ccccc4)c23)c1. The van der Waals surface area contributed by atoms with Gasteiger partial charge in [-0.2, -0.15) is 5.26 Å². The van der Waals surface area contributed by atoms with E-state index in [0.717, 1.165) is 116 Å². The molecule has 0 aliphatic rings. The summed E-state index contributed by atoms with van der Waals surface area (Å²) >= 11 is 0. The molecule has 12 aromatic carbocycles. The van der Waals surface area contributed by atoms with Gasteiger partial charge in [-0.1, -0.05) is 200 Å². The van der Waals surface area contributed by atoms with Crippen molar-refractivity contribution >= 4 is 87.2 Å². The Morgan fingerprint density at radius 2 is 0.643 bits per heavy atom. The quantitative estimate of drug-likeness (QED) is 0.152. The monoisotopic (exact) mass is 1070 g/mol. The van der Waals surface area contributed by atoms with E-state index < -0.39 is 0 Å². The Kier molecular flexibility index (Phi) is 10.5. The third-order valence-corrected chi connectivity index (χ3v) is 16.8. The highest BCUT2D eigenvalue weighted by Crippen LogP contribution is 2.47. The number of para-hydroxylation sites is 6. The maximum Gasteiger partial charge on any atom is 0.164 e. The van der Waals surface area contributed by atoms with E-state index >= 15 is 0 Å². The number of rotatable bonds is 8. The lowest BCUT2D eigenvalue weighted by Crippen LogP contribution is -2.04. The zero-order valence-corrected chi connectivity index (χ0v) is 45.1. The fourth-order valence-corrected chi connectivity index (χ4v) is 13.3. The summed E-state index contributed by atoms with van der Waals surface area (Å²) in [6.07, 6.45) is 0. The van der Waals surface area contributed by atoms with Crippen molar-refractivity contribution in [2.45, 2.75) is 0 Å². The second kappa shape index (κ2) is 18.7. The summed E-state index contributed by atoms with van der Waals surface area (Å²) in [5.41, 5.74) is 17.7. The number of fused-ring (bicyclic) bond motifs is 14. The van der Waals surface area contributed by atoms with Gasteiger partial charge in [0.1, 0.15) is 0 Å². The van der Waals surface area contributed by atoms with Gasteiger partial charge in [-0.05, 0) is 78.9 Å². The standard InChI is InChI=1S/C76H46N8/c77-47-48-37-39-56(68(45-48)83-64-35-19-15-31-60(64)70-66(83)43-41-58-54-29-13-17-33-62(54)81(72(58)70)52-25-9-3-10-26-52)57-40-38-51(76-79-74(49-21-5-1-6-22-49)78-75(80-76)50-23-7-2-8-24-50)46-69(57)84-65-36-20-16-32-61(65)71-67(84)44-42-59-55-30-14-18-34-63(55)82(73(59)71)53-27-11-4-12-28-53/h1-46H. The number of nitrogens with zero attached hydrogens (tertiary/aromatic N) is 8. The van der Waals surface area contributed by atoms with Crippen LogP contribution in [0.1, 0.15) is 5.56 Å². The lowest BCUT2D eigenvalue weighted by Gasteiger charge is -2.20. The Bertz CT molecular complexity index is 5490. The molecule has 17 aromatic rings. The van der Waals surface area contributed by atoms with Crippen molar-refractivity contribution in [3.8, 4) is 74.1 Å². The predicted molar refractivity (Wildman–Crippen MR) is 344 cm³/mol. The zero-order valence-electron chi connectivity index (χ0n) is 45.1. The Morgan fingerprint density at radius 1 is 0.274 bits per heavy atom. The largest absolute Gasteiger partial charge is 0.309 e. The molecule has 0 bridgehead atoms. The van der Waals surface area contributed by atoms with Crippen molar-refractivity contribution in [1.82, 2.24) is 33.2 Å². The van der Waals surface area contributed by atoms with Crippen LogP contribution in [0.15, 0.2) is 279 Å². The number of hydrogen-bond acceptors (Lipinski definition) is 4. The second-order valence-corrected chi connectivity index (χ2v) is 21.4. The van der Waals surface area contributed by atoms with Gasteiger partial charge in [-0.25, -0.2) is 15.0 Å². The van der Waals surface area contributed by atoms with Gasteiger partial charge in [0.25, 0.3) is 0 Å². The van der Waals surface area contributed by atoms with Crippen LogP contribution in [-0.4, -0.2) is 33.2 Å². The van der Waals surface area contributed by atoms with Crippen molar-refractivity contribution in [1.29, 1.82) is 5.26 Å². The van der Waals surface area contributed by atoms with Crippen molar-refractivity contribution in [3.63, 3.8) is 0 Å². The minimum absolute atomic E-state index is 0.545. The molecule has 0 saturated carbocycles. The highest BCUT2D eigenvalue weighted by Gasteiger charge is 2.27. The Morgan fingerprint density at radius 3 is 1.10 bits per heavy atom. The molecule has 84 heavy (non-hydrogen) atoms. The fraction of sp³-hybridized carbons (Fsp3) is 0. The molecular formula is C76H46N8. The van der Waals surface area contributed by atoms with Gasteiger partial charge in [-0.15, -0.1) is 0 Å². The van der Waals surface area contributed by atoms with Crippen LogP contribution in [0.5, 0.6) is 0 Å². The first-order valence-electron chi connectivity index (χ1n) is 28.2. The predicted octanol–water partition coefficient (Wildman–Crippen LogP) is 18.8. The summed E-state index contributed by atoms with van der Waals surface area (Å²) in [5.74, 6) is 1.71. The minimum Gasteiger partial charge on any atom is -0.309 e. The topological polar surface area (TPSA) is 82.2 Å². The minimum atomic E-state index is 0.545. The van der Waals surface area contributed by atoms with E-state index in [-0.39, 0.29) is 0 Å². The summed E-state index contributed by atoms with van der Waals surface area (Å²) in [6.45, 7) is 0. The number of hydrogen-bond donors (Lipinski definition) is 0.